The quantitative estimate of drug-likeness (QED) is 0.190. The second-order valence-electron chi connectivity index (χ2n) is 11.7. The fraction of sp³-hybridized carbons (Fsp3) is 0. The summed E-state index contributed by atoms with van der Waals surface area (Å²) in [5.41, 5.74) is 7.53. The second-order valence-corrected chi connectivity index (χ2v) is 11.7. The van der Waals surface area contributed by atoms with Crippen molar-refractivity contribution in [1.82, 2.24) is 0 Å². The highest BCUT2D eigenvalue weighted by atomic mass is 14.2. The van der Waals surface area contributed by atoms with Gasteiger partial charge in [0.2, 0.25) is 0 Å². The molecular weight excluding hydrogens is 528 g/mol. The molecule has 0 radical (unpaired) electrons. The molecule has 9 rings (SSSR count). The monoisotopic (exact) mass is 556 g/mol. The largest absolute Gasteiger partial charge is 0.0622 e. The topological polar surface area (TPSA) is 0 Å². The third kappa shape index (κ3) is 3.85. The molecule has 0 spiro atoms. The lowest BCUT2D eigenvalue weighted by molar-refractivity contribution is 1.64. The SMILES string of the molecule is c1ccc(-c2c(-c3cc4ccccc4c4ccccc34)c3ccccc3c3ccc(-c4ccc5ccccc5c4)cc23)cc1. The van der Waals surface area contributed by atoms with E-state index in [0.717, 1.165) is 0 Å². The van der Waals surface area contributed by atoms with Gasteiger partial charge in [-0.3, -0.25) is 0 Å². The van der Waals surface area contributed by atoms with Gasteiger partial charge in [0.15, 0.2) is 0 Å². The third-order valence-electron chi connectivity index (χ3n) is 9.21. The molecule has 0 bridgehead atoms. The van der Waals surface area contributed by atoms with Crippen LogP contribution < -0.4 is 0 Å². The summed E-state index contributed by atoms with van der Waals surface area (Å²) in [6.45, 7) is 0. The standard InChI is InChI=1S/C44H28/c1-2-13-30(14-3-1)43-41-27-33(32-23-22-29-12-4-5-15-31(29)26-32)24-25-39(41)37-19-10-11-21-40(37)44(43)42-28-34-16-6-7-17-35(34)36-18-8-9-20-38(36)42/h1-28H. The number of fused-ring (bicyclic) bond motifs is 7. The van der Waals surface area contributed by atoms with E-state index in [0.29, 0.717) is 0 Å². The van der Waals surface area contributed by atoms with Gasteiger partial charge < -0.3 is 0 Å². The smallest absolute Gasteiger partial charge is 0.00139 e. The van der Waals surface area contributed by atoms with Crippen molar-refractivity contribution in [3.63, 3.8) is 0 Å². The molecule has 0 heteroatoms. The maximum absolute atomic E-state index is 2.42. The Hall–Kier alpha value is -5.72. The van der Waals surface area contributed by atoms with Gasteiger partial charge in [0, 0.05) is 0 Å². The van der Waals surface area contributed by atoms with Crippen molar-refractivity contribution >= 4 is 53.9 Å². The summed E-state index contributed by atoms with van der Waals surface area (Å²) in [5.74, 6) is 0. The Morgan fingerprint density at radius 3 is 1.57 bits per heavy atom. The fourth-order valence-corrected chi connectivity index (χ4v) is 7.19. The summed E-state index contributed by atoms with van der Waals surface area (Å²) in [6, 6.07) is 62.4. The molecule has 0 saturated carbocycles. The van der Waals surface area contributed by atoms with E-state index in [9.17, 15) is 0 Å². The summed E-state index contributed by atoms with van der Waals surface area (Å²) in [4.78, 5) is 0. The number of hydrogen-bond donors (Lipinski definition) is 0. The molecule has 0 aliphatic rings. The van der Waals surface area contributed by atoms with Crippen molar-refractivity contribution in [3.05, 3.63) is 170 Å². The molecule has 0 heterocycles. The van der Waals surface area contributed by atoms with Crippen LogP contribution in [0.25, 0.3) is 87.2 Å². The minimum Gasteiger partial charge on any atom is -0.0622 e. The zero-order chi connectivity index (χ0) is 29.0. The summed E-state index contributed by atoms with van der Waals surface area (Å²) < 4.78 is 0. The summed E-state index contributed by atoms with van der Waals surface area (Å²) in [5, 5.41) is 12.7. The Bertz CT molecular complexity index is 2540. The molecule has 0 saturated heterocycles. The molecular formula is C44H28. The second kappa shape index (κ2) is 9.93. The lowest BCUT2D eigenvalue weighted by atomic mass is 9.82. The first-order valence-corrected chi connectivity index (χ1v) is 15.3. The van der Waals surface area contributed by atoms with Crippen molar-refractivity contribution in [2.24, 2.45) is 0 Å². The van der Waals surface area contributed by atoms with Gasteiger partial charge in [0.25, 0.3) is 0 Å². The molecule has 0 unspecified atom stereocenters. The van der Waals surface area contributed by atoms with Gasteiger partial charge in [-0.25, -0.2) is 0 Å². The minimum atomic E-state index is 1.23. The fourth-order valence-electron chi connectivity index (χ4n) is 7.19. The summed E-state index contributed by atoms with van der Waals surface area (Å²) in [7, 11) is 0. The number of rotatable bonds is 3. The van der Waals surface area contributed by atoms with Gasteiger partial charge in [-0.1, -0.05) is 152 Å². The van der Waals surface area contributed by atoms with Crippen molar-refractivity contribution < 1.29 is 0 Å². The predicted molar refractivity (Wildman–Crippen MR) is 190 cm³/mol. The zero-order valence-electron chi connectivity index (χ0n) is 24.2. The highest BCUT2D eigenvalue weighted by Crippen LogP contribution is 2.48. The third-order valence-corrected chi connectivity index (χ3v) is 9.21. The van der Waals surface area contributed by atoms with Crippen LogP contribution in [0.4, 0.5) is 0 Å². The lowest BCUT2D eigenvalue weighted by Gasteiger charge is -2.21. The molecule has 9 aromatic rings. The van der Waals surface area contributed by atoms with Crippen LogP contribution in [-0.4, -0.2) is 0 Å². The average molecular weight is 557 g/mol. The molecule has 44 heavy (non-hydrogen) atoms. The van der Waals surface area contributed by atoms with Crippen LogP contribution in [0.1, 0.15) is 0 Å². The van der Waals surface area contributed by atoms with Gasteiger partial charge in [0.1, 0.15) is 0 Å². The Morgan fingerprint density at radius 1 is 0.227 bits per heavy atom. The maximum Gasteiger partial charge on any atom is -0.00139 e. The maximum atomic E-state index is 2.42. The van der Waals surface area contributed by atoms with Crippen molar-refractivity contribution in [3.8, 4) is 33.4 Å². The molecule has 0 aromatic heterocycles. The molecule has 0 aliphatic carbocycles. The molecule has 204 valence electrons. The Labute approximate surface area is 256 Å². The van der Waals surface area contributed by atoms with Crippen LogP contribution >= 0.6 is 0 Å². The van der Waals surface area contributed by atoms with Crippen molar-refractivity contribution in [1.29, 1.82) is 0 Å². The van der Waals surface area contributed by atoms with E-state index in [-0.39, 0.29) is 0 Å². The molecule has 0 N–H and O–H groups in total. The van der Waals surface area contributed by atoms with Gasteiger partial charge in [-0.15, -0.1) is 0 Å². The van der Waals surface area contributed by atoms with E-state index in [4.69, 9.17) is 0 Å². The Balaban J connectivity index is 1.46. The van der Waals surface area contributed by atoms with Crippen LogP contribution in [0.2, 0.25) is 0 Å². The Kier molecular flexibility index (Phi) is 5.61. The molecule has 0 aliphatic heterocycles. The van der Waals surface area contributed by atoms with E-state index in [2.05, 4.69) is 170 Å². The number of hydrogen-bond acceptors (Lipinski definition) is 0. The molecule has 0 fully saturated rings. The van der Waals surface area contributed by atoms with Crippen LogP contribution in [0.5, 0.6) is 0 Å². The predicted octanol–water partition coefficient (Wildman–Crippen LogP) is 12.5. The Morgan fingerprint density at radius 2 is 0.773 bits per heavy atom. The molecule has 0 nitrogen and oxygen atoms in total. The first kappa shape index (κ1) is 24.8. The van der Waals surface area contributed by atoms with Gasteiger partial charge >= 0.3 is 0 Å². The van der Waals surface area contributed by atoms with Crippen LogP contribution in [0.15, 0.2) is 170 Å². The van der Waals surface area contributed by atoms with E-state index < -0.39 is 0 Å². The molecule has 0 atom stereocenters. The van der Waals surface area contributed by atoms with Crippen LogP contribution in [0, 0.1) is 0 Å². The average Bonchev–Trinajstić information content (AvgIpc) is 3.10. The lowest BCUT2D eigenvalue weighted by Crippen LogP contribution is -1.94. The minimum absolute atomic E-state index is 1.23. The molecule has 0 amide bonds. The number of benzene rings is 9. The van der Waals surface area contributed by atoms with E-state index in [1.807, 2.05) is 0 Å². The van der Waals surface area contributed by atoms with E-state index in [1.165, 1.54) is 87.2 Å². The summed E-state index contributed by atoms with van der Waals surface area (Å²) in [6.07, 6.45) is 0. The van der Waals surface area contributed by atoms with Gasteiger partial charge in [-0.2, -0.15) is 0 Å². The van der Waals surface area contributed by atoms with Gasteiger partial charge in [-0.05, 0) is 105 Å². The first-order valence-electron chi connectivity index (χ1n) is 15.3. The van der Waals surface area contributed by atoms with Crippen molar-refractivity contribution in [2.75, 3.05) is 0 Å². The van der Waals surface area contributed by atoms with Crippen LogP contribution in [-0.2, 0) is 0 Å². The van der Waals surface area contributed by atoms with Gasteiger partial charge in [0.05, 0.1) is 0 Å². The van der Waals surface area contributed by atoms with E-state index >= 15 is 0 Å². The zero-order valence-corrected chi connectivity index (χ0v) is 24.2. The molecule has 9 aromatic carbocycles. The normalized spacial score (nSPS) is 11.6. The van der Waals surface area contributed by atoms with Crippen LogP contribution in [0.3, 0.4) is 0 Å². The van der Waals surface area contributed by atoms with E-state index in [1.54, 1.807) is 0 Å². The first-order chi connectivity index (χ1) is 21.8. The summed E-state index contributed by atoms with van der Waals surface area (Å²) >= 11 is 0. The van der Waals surface area contributed by atoms with Crippen molar-refractivity contribution in [2.45, 2.75) is 0 Å². The highest BCUT2D eigenvalue weighted by molar-refractivity contribution is 6.26. The highest BCUT2D eigenvalue weighted by Gasteiger charge is 2.20.